The molecular formula is C19H24ClN2O3S+. The molecule has 0 bridgehead atoms. The molecule has 26 heavy (non-hydrogen) atoms. The Morgan fingerprint density at radius 1 is 1.23 bits per heavy atom. The average molecular weight is 396 g/mol. The molecule has 1 aliphatic rings. The first-order chi connectivity index (χ1) is 12.5. The van der Waals surface area contributed by atoms with Crippen LogP contribution in [0, 0.1) is 6.92 Å². The van der Waals surface area contributed by atoms with Crippen molar-refractivity contribution in [2.45, 2.75) is 6.92 Å². The predicted octanol–water partition coefficient (Wildman–Crippen LogP) is 2.77. The molecule has 1 aliphatic carbocycles. The minimum atomic E-state index is -0.195. The molecule has 0 aromatic heterocycles. The molecule has 0 amide bonds. The van der Waals surface area contributed by atoms with Crippen molar-refractivity contribution in [3.63, 3.8) is 0 Å². The second-order valence-corrected chi connectivity index (χ2v) is 6.71. The molecule has 7 heteroatoms. The Labute approximate surface area is 164 Å². The van der Waals surface area contributed by atoms with Crippen molar-refractivity contribution < 1.29 is 14.3 Å². The van der Waals surface area contributed by atoms with Crippen LogP contribution in [-0.4, -0.2) is 50.8 Å². The van der Waals surface area contributed by atoms with Gasteiger partial charge in [-0.1, -0.05) is 11.6 Å². The Hall–Kier alpha value is -1.60. The number of ether oxygens (including phenoxy) is 2. The van der Waals surface area contributed by atoms with E-state index in [0.717, 1.165) is 29.2 Å². The predicted molar refractivity (Wildman–Crippen MR) is 111 cm³/mol. The molecule has 0 saturated carbocycles. The van der Waals surface area contributed by atoms with Crippen molar-refractivity contribution in [3.05, 3.63) is 47.0 Å². The summed E-state index contributed by atoms with van der Waals surface area (Å²) in [4.78, 5) is 18.0. The van der Waals surface area contributed by atoms with Gasteiger partial charge in [0.25, 0.3) is 0 Å². The first-order valence-electron chi connectivity index (χ1n) is 8.31. The van der Waals surface area contributed by atoms with Gasteiger partial charge in [-0.2, -0.15) is 0 Å². The van der Waals surface area contributed by atoms with Gasteiger partial charge in [0.2, 0.25) is 0 Å². The number of nitrogens with zero attached hydrogens (tertiary/aromatic N) is 2. The largest absolute Gasteiger partial charge is 0.372 e. The molecule has 0 fully saturated rings. The third-order valence-corrected chi connectivity index (χ3v) is 4.27. The lowest BCUT2D eigenvalue weighted by Gasteiger charge is -2.20. The smallest absolute Gasteiger partial charge is 0.197 e. The zero-order chi connectivity index (χ0) is 18.9. The van der Waals surface area contributed by atoms with Crippen LogP contribution < -0.4 is 4.90 Å². The molecule has 0 unspecified atom stereocenters. The lowest BCUT2D eigenvalue weighted by molar-refractivity contribution is -0.110. The molecule has 0 spiro atoms. The monoisotopic (exact) mass is 395 g/mol. The number of ketones is 1. The maximum atomic E-state index is 11.4. The summed E-state index contributed by atoms with van der Waals surface area (Å²) in [6, 6.07) is 6.04. The zero-order valence-corrected chi connectivity index (χ0v) is 16.8. The number of likely N-dealkylation sites (N-methyl/N-ethyl adjacent to an activating group) is 1. The third kappa shape index (κ3) is 6.29. The Bertz CT molecular complexity index is 731. The Morgan fingerprint density at radius 2 is 2.00 bits per heavy atom. The van der Waals surface area contributed by atoms with E-state index in [1.807, 2.05) is 26.1 Å². The summed E-state index contributed by atoms with van der Waals surface area (Å²) in [7, 11) is 2.01. The van der Waals surface area contributed by atoms with Crippen LogP contribution in [0.2, 0.25) is 0 Å². The van der Waals surface area contributed by atoms with Gasteiger partial charge in [-0.25, -0.2) is 4.99 Å². The Morgan fingerprint density at radius 3 is 2.69 bits per heavy atom. The van der Waals surface area contributed by atoms with Crippen molar-refractivity contribution in [1.82, 2.24) is 0 Å². The minimum Gasteiger partial charge on any atom is -0.372 e. The van der Waals surface area contributed by atoms with E-state index in [1.54, 1.807) is 12.2 Å². The molecule has 0 N–H and O–H groups in total. The van der Waals surface area contributed by atoms with Gasteiger partial charge < -0.3 is 14.4 Å². The maximum absolute atomic E-state index is 11.4. The number of anilines is 1. The van der Waals surface area contributed by atoms with Gasteiger partial charge in [0.15, 0.2) is 5.78 Å². The minimum absolute atomic E-state index is 0.181. The fourth-order valence-corrected chi connectivity index (χ4v) is 2.60. The molecule has 0 heterocycles. The second kappa shape index (κ2) is 10.5. The van der Waals surface area contributed by atoms with E-state index in [-0.39, 0.29) is 10.8 Å². The number of aryl methyl sites for hydroxylation is 1. The van der Waals surface area contributed by atoms with E-state index in [2.05, 4.69) is 28.6 Å². The van der Waals surface area contributed by atoms with Gasteiger partial charge in [0.1, 0.15) is 12.5 Å². The highest BCUT2D eigenvalue weighted by atomic mass is 35.5. The summed E-state index contributed by atoms with van der Waals surface area (Å²) in [6.07, 6.45) is 4.68. The molecule has 140 valence electrons. The average Bonchev–Trinajstić information content (AvgIpc) is 2.62. The molecule has 5 nitrogen and oxygen atoms in total. The van der Waals surface area contributed by atoms with Crippen molar-refractivity contribution in [3.8, 4) is 0 Å². The molecule has 1 aromatic rings. The fraction of sp³-hybridized carbons (Fsp3) is 0.368. The number of benzene rings is 1. The van der Waals surface area contributed by atoms with Crippen LogP contribution in [0.15, 0.2) is 46.5 Å². The number of carbonyl (C=O) groups excluding carboxylic acids is 1. The maximum Gasteiger partial charge on any atom is 0.197 e. The van der Waals surface area contributed by atoms with Gasteiger partial charge in [-0.3, -0.25) is 4.79 Å². The van der Waals surface area contributed by atoms with Crippen LogP contribution in [0.1, 0.15) is 5.56 Å². The summed E-state index contributed by atoms with van der Waals surface area (Å²) in [6.45, 7) is 4.29. The number of hydrogen-bond donors (Lipinski definition) is 0. The van der Waals surface area contributed by atoms with Crippen LogP contribution in [0.4, 0.5) is 11.4 Å². The number of aliphatic imine (C=N–C) groups is 1. The molecule has 0 aliphatic heterocycles. The van der Waals surface area contributed by atoms with Crippen molar-refractivity contribution >= 4 is 47.1 Å². The number of rotatable bonds is 9. The second-order valence-electron chi connectivity index (χ2n) is 5.80. The summed E-state index contributed by atoms with van der Waals surface area (Å²) in [5, 5.41) is 0.181. The number of halogens is 1. The van der Waals surface area contributed by atoms with E-state index >= 15 is 0 Å². The third-order valence-electron chi connectivity index (χ3n) is 3.77. The molecule has 0 atom stereocenters. The van der Waals surface area contributed by atoms with Crippen LogP contribution in [0.5, 0.6) is 0 Å². The summed E-state index contributed by atoms with van der Waals surface area (Å²) < 4.78 is 10.7. The van der Waals surface area contributed by atoms with Gasteiger partial charge in [0.05, 0.1) is 29.6 Å². The van der Waals surface area contributed by atoms with Gasteiger partial charge in [0, 0.05) is 19.3 Å². The van der Waals surface area contributed by atoms with Crippen molar-refractivity contribution in [2.24, 2.45) is 4.99 Å². The highest BCUT2D eigenvalue weighted by molar-refractivity contribution is 7.58. The number of allylic oxidation sites excluding steroid dienone is 4. The van der Waals surface area contributed by atoms with Gasteiger partial charge >= 0.3 is 0 Å². The van der Waals surface area contributed by atoms with Gasteiger partial charge in [-0.05, 0) is 61.5 Å². The van der Waals surface area contributed by atoms with Gasteiger partial charge in [-0.15, -0.1) is 0 Å². The lowest BCUT2D eigenvalue weighted by atomic mass is 10.1. The standard InChI is InChI=1S/C19H23ClN2O3S/c1-14-11-16(22(2)7-8-24-13-25-9-10-26)4-5-18(14)21-15-3-6-19(23)17(20)12-15/h3-6,11-12,26H,7-10,13H2,1-2H3/p+1. The van der Waals surface area contributed by atoms with Crippen molar-refractivity contribution in [1.29, 1.82) is 0 Å². The Kier molecular flexibility index (Phi) is 8.38. The van der Waals surface area contributed by atoms with Crippen LogP contribution in [0.25, 0.3) is 0 Å². The molecular weight excluding hydrogens is 372 g/mol. The van der Waals surface area contributed by atoms with E-state index in [9.17, 15) is 4.79 Å². The van der Waals surface area contributed by atoms with E-state index in [4.69, 9.17) is 21.1 Å². The molecule has 0 saturated heterocycles. The summed E-state index contributed by atoms with van der Waals surface area (Å²) in [5.74, 6) is 0.603. The fourth-order valence-electron chi connectivity index (χ4n) is 2.28. The van der Waals surface area contributed by atoms with Crippen LogP contribution >= 0.6 is 11.6 Å². The van der Waals surface area contributed by atoms with Crippen LogP contribution in [-0.2, 0) is 26.9 Å². The SMILES string of the molecule is Cc1cc(N(C)CCOCOCC[SH2+])ccc1N=C1C=CC(=O)C(Cl)=C1. The highest BCUT2D eigenvalue weighted by Crippen LogP contribution is 2.25. The molecule has 2 rings (SSSR count). The quantitative estimate of drug-likeness (QED) is 0.279. The van der Waals surface area contributed by atoms with E-state index < -0.39 is 0 Å². The first-order valence-corrected chi connectivity index (χ1v) is 9.40. The van der Waals surface area contributed by atoms with Crippen molar-refractivity contribution in [2.75, 3.05) is 44.3 Å². The topological polar surface area (TPSA) is 51.1 Å². The summed E-state index contributed by atoms with van der Waals surface area (Å²) in [5.41, 5.74) is 3.63. The number of hydrogen-bond acceptors (Lipinski definition) is 5. The molecule has 1 aromatic carbocycles. The normalized spacial score (nSPS) is 15.5. The highest BCUT2D eigenvalue weighted by Gasteiger charge is 2.10. The van der Waals surface area contributed by atoms with E-state index in [0.29, 0.717) is 25.7 Å². The van der Waals surface area contributed by atoms with Crippen LogP contribution in [0.3, 0.4) is 0 Å². The first kappa shape index (κ1) is 20.7. The number of carbonyl (C=O) groups is 1. The zero-order valence-electron chi connectivity index (χ0n) is 15.0. The lowest BCUT2D eigenvalue weighted by Crippen LogP contribution is -2.23. The Balaban J connectivity index is 1.94. The van der Waals surface area contributed by atoms with E-state index in [1.165, 1.54) is 6.08 Å². The molecule has 0 radical (unpaired) electrons. The summed E-state index contributed by atoms with van der Waals surface area (Å²) >= 11 is 9.21.